The Kier molecular flexibility index (Phi) is 5.71. The van der Waals surface area contributed by atoms with Crippen molar-refractivity contribution >= 4 is 22.0 Å². The average Bonchev–Trinajstić information content (AvgIpc) is 2.59. The van der Waals surface area contributed by atoms with Crippen molar-refractivity contribution < 1.29 is 24.2 Å². The van der Waals surface area contributed by atoms with Gasteiger partial charge in [-0.1, -0.05) is 36.7 Å². The summed E-state index contributed by atoms with van der Waals surface area (Å²) in [4.78, 5) is 17.4. The first kappa shape index (κ1) is 21.4. The Morgan fingerprint density at radius 3 is 2.71 bits per heavy atom. The highest BCUT2D eigenvalue weighted by Crippen LogP contribution is 2.51. The van der Waals surface area contributed by atoms with Crippen molar-refractivity contribution in [1.82, 2.24) is 5.06 Å². The minimum Gasteiger partial charge on any atom is -0.484 e. The van der Waals surface area contributed by atoms with Gasteiger partial charge in [0.05, 0.1) is 12.1 Å². The van der Waals surface area contributed by atoms with Gasteiger partial charge in [0.1, 0.15) is 17.5 Å². The number of halogens is 1. The molecule has 1 amide bonds. The number of ether oxygens (including phenoxy) is 2. The van der Waals surface area contributed by atoms with Crippen LogP contribution < -0.4 is 10.5 Å². The monoisotopic (exact) mass is 456 g/mol. The fourth-order valence-electron chi connectivity index (χ4n) is 4.36. The molecule has 1 aromatic carbocycles. The summed E-state index contributed by atoms with van der Waals surface area (Å²) in [6.07, 6.45) is 0.399. The molecular formula is C20H29BrN2O5. The summed E-state index contributed by atoms with van der Waals surface area (Å²) in [5.41, 5.74) is 5.96. The van der Waals surface area contributed by atoms with Crippen molar-refractivity contribution in [3.05, 3.63) is 28.2 Å². The second-order valence-electron chi connectivity index (χ2n) is 8.93. The standard InChI is InChI=1S/C20H29BrN2O5/c1-18(2,3)16(28-23(4)17(24)25)20(22)11-19(8-5-9-26-12-19)27-15-7-6-13(21)10-14(15)20/h6-7,10,16H,5,8-9,11-12,22H2,1-4H3,(H,24,25). The maximum Gasteiger partial charge on any atom is 0.431 e. The lowest BCUT2D eigenvalue weighted by Gasteiger charge is -2.53. The normalized spacial score (nSPS) is 28.4. The van der Waals surface area contributed by atoms with Crippen molar-refractivity contribution in [3.8, 4) is 5.75 Å². The van der Waals surface area contributed by atoms with Gasteiger partial charge in [0.2, 0.25) is 0 Å². The molecule has 0 radical (unpaired) electrons. The van der Waals surface area contributed by atoms with Crippen molar-refractivity contribution in [3.63, 3.8) is 0 Å². The van der Waals surface area contributed by atoms with Crippen LogP contribution in [0.25, 0.3) is 0 Å². The summed E-state index contributed by atoms with van der Waals surface area (Å²) in [5.74, 6) is 0.693. The van der Waals surface area contributed by atoms with Crippen LogP contribution in [-0.2, 0) is 15.1 Å². The molecule has 1 spiro atoms. The average molecular weight is 457 g/mol. The molecule has 0 aromatic heterocycles. The number of hydroxylamine groups is 2. The predicted molar refractivity (Wildman–Crippen MR) is 108 cm³/mol. The van der Waals surface area contributed by atoms with E-state index in [1.807, 2.05) is 39.0 Å². The fourth-order valence-corrected chi connectivity index (χ4v) is 4.72. The van der Waals surface area contributed by atoms with Gasteiger partial charge in [0.15, 0.2) is 0 Å². The summed E-state index contributed by atoms with van der Waals surface area (Å²) in [6, 6.07) is 5.75. The second kappa shape index (κ2) is 7.48. The third kappa shape index (κ3) is 4.01. The van der Waals surface area contributed by atoms with Crippen LogP contribution in [0, 0.1) is 5.41 Å². The molecule has 2 aliphatic heterocycles. The maximum absolute atomic E-state index is 11.5. The molecule has 2 heterocycles. The Bertz CT molecular complexity index is 745. The van der Waals surface area contributed by atoms with E-state index < -0.39 is 28.8 Å². The molecule has 1 fully saturated rings. The molecule has 0 saturated carbocycles. The highest BCUT2D eigenvalue weighted by molar-refractivity contribution is 9.10. The molecule has 156 valence electrons. The van der Waals surface area contributed by atoms with Gasteiger partial charge in [-0.15, -0.1) is 0 Å². The van der Waals surface area contributed by atoms with Crippen molar-refractivity contribution in [2.45, 2.75) is 57.3 Å². The van der Waals surface area contributed by atoms with Crippen LogP contribution in [0.15, 0.2) is 22.7 Å². The van der Waals surface area contributed by atoms with Gasteiger partial charge >= 0.3 is 6.09 Å². The van der Waals surface area contributed by atoms with E-state index in [-0.39, 0.29) is 0 Å². The van der Waals surface area contributed by atoms with E-state index in [0.29, 0.717) is 25.4 Å². The zero-order valence-corrected chi connectivity index (χ0v) is 18.4. The predicted octanol–water partition coefficient (Wildman–Crippen LogP) is 3.89. The van der Waals surface area contributed by atoms with Crippen LogP contribution in [0.3, 0.4) is 0 Å². The van der Waals surface area contributed by atoms with Gasteiger partial charge in [0.25, 0.3) is 0 Å². The zero-order valence-electron chi connectivity index (χ0n) is 16.8. The van der Waals surface area contributed by atoms with Crippen LogP contribution in [-0.4, -0.2) is 48.2 Å². The van der Waals surface area contributed by atoms with E-state index in [0.717, 1.165) is 27.9 Å². The Morgan fingerprint density at radius 2 is 2.14 bits per heavy atom. The molecule has 2 aliphatic rings. The fraction of sp³-hybridized carbons (Fsp3) is 0.650. The number of nitrogens with zero attached hydrogens (tertiary/aromatic N) is 1. The smallest absolute Gasteiger partial charge is 0.431 e. The Hall–Kier alpha value is -1.35. The molecule has 3 atom stereocenters. The van der Waals surface area contributed by atoms with Crippen LogP contribution in [0.1, 0.15) is 45.6 Å². The number of rotatable bonds is 3. The topological polar surface area (TPSA) is 94.3 Å². The van der Waals surface area contributed by atoms with Crippen molar-refractivity contribution in [1.29, 1.82) is 0 Å². The summed E-state index contributed by atoms with van der Waals surface area (Å²) in [5, 5.41) is 10.2. The summed E-state index contributed by atoms with van der Waals surface area (Å²) in [7, 11) is 1.38. The summed E-state index contributed by atoms with van der Waals surface area (Å²) in [6.45, 7) is 7.15. The van der Waals surface area contributed by atoms with Crippen LogP contribution in [0.2, 0.25) is 0 Å². The summed E-state index contributed by atoms with van der Waals surface area (Å²) < 4.78 is 13.0. The quantitative estimate of drug-likeness (QED) is 0.669. The first-order chi connectivity index (χ1) is 13.0. The van der Waals surface area contributed by atoms with Crippen LogP contribution in [0.4, 0.5) is 4.79 Å². The van der Waals surface area contributed by atoms with Crippen molar-refractivity contribution in [2.24, 2.45) is 11.1 Å². The highest BCUT2D eigenvalue weighted by Gasteiger charge is 2.56. The molecular weight excluding hydrogens is 428 g/mol. The number of fused-ring (bicyclic) bond motifs is 1. The maximum atomic E-state index is 11.5. The van der Waals surface area contributed by atoms with Gasteiger partial charge in [-0.25, -0.2) is 4.79 Å². The van der Waals surface area contributed by atoms with E-state index in [1.165, 1.54) is 7.05 Å². The largest absolute Gasteiger partial charge is 0.484 e. The third-order valence-corrected chi connectivity index (χ3v) is 5.95. The number of carbonyl (C=O) groups is 1. The Morgan fingerprint density at radius 1 is 1.43 bits per heavy atom. The molecule has 7 nitrogen and oxygen atoms in total. The molecule has 3 rings (SSSR count). The summed E-state index contributed by atoms with van der Waals surface area (Å²) >= 11 is 3.52. The molecule has 28 heavy (non-hydrogen) atoms. The SMILES string of the molecule is CN(OC(C(C)(C)C)C1(N)CC2(CCCOC2)Oc2ccc(Br)cc21)C(=O)O. The third-order valence-electron chi connectivity index (χ3n) is 5.46. The van der Waals surface area contributed by atoms with Gasteiger partial charge < -0.3 is 20.3 Å². The van der Waals surface area contributed by atoms with E-state index in [4.69, 9.17) is 20.0 Å². The number of benzene rings is 1. The number of amides is 1. The lowest BCUT2D eigenvalue weighted by Crippen LogP contribution is -2.64. The molecule has 0 bridgehead atoms. The van der Waals surface area contributed by atoms with Gasteiger partial charge in [-0.05, 0) is 36.5 Å². The van der Waals surface area contributed by atoms with E-state index in [9.17, 15) is 9.90 Å². The number of hydrogen-bond acceptors (Lipinski definition) is 5. The van der Waals surface area contributed by atoms with Gasteiger partial charge in [0, 0.05) is 30.1 Å². The van der Waals surface area contributed by atoms with E-state index in [2.05, 4.69) is 15.9 Å². The Labute approximate surface area is 174 Å². The zero-order chi connectivity index (χ0) is 20.7. The molecule has 1 saturated heterocycles. The lowest BCUT2D eigenvalue weighted by atomic mass is 9.66. The first-order valence-corrected chi connectivity index (χ1v) is 10.3. The molecule has 8 heteroatoms. The Balaban J connectivity index is 2.12. The number of hydrogen-bond donors (Lipinski definition) is 2. The second-order valence-corrected chi connectivity index (χ2v) is 9.85. The minimum absolute atomic E-state index is 0.438. The molecule has 1 aromatic rings. The van der Waals surface area contributed by atoms with E-state index >= 15 is 0 Å². The van der Waals surface area contributed by atoms with Gasteiger partial charge in [-0.2, -0.15) is 5.06 Å². The molecule has 3 N–H and O–H groups in total. The molecule has 0 aliphatic carbocycles. The van der Waals surface area contributed by atoms with Crippen molar-refractivity contribution in [2.75, 3.05) is 20.3 Å². The van der Waals surface area contributed by atoms with Crippen LogP contribution >= 0.6 is 15.9 Å². The van der Waals surface area contributed by atoms with E-state index in [1.54, 1.807) is 0 Å². The number of carboxylic acid groups (broad SMARTS) is 1. The minimum atomic E-state index is -1.17. The van der Waals surface area contributed by atoms with Gasteiger partial charge in [-0.3, -0.25) is 4.84 Å². The van der Waals surface area contributed by atoms with Crippen LogP contribution in [0.5, 0.6) is 5.75 Å². The number of nitrogens with two attached hydrogens (primary N) is 1. The first-order valence-electron chi connectivity index (χ1n) is 9.46. The highest BCUT2D eigenvalue weighted by atomic mass is 79.9. The lowest BCUT2D eigenvalue weighted by molar-refractivity contribution is -0.223. The molecule has 3 unspecified atom stereocenters.